The third kappa shape index (κ3) is 6.37. The van der Waals surface area contributed by atoms with Crippen molar-refractivity contribution in [3.05, 3.63) is 31.6 Å². The van der Waals surface area contributed by atoms with Gasteiger partial charge in [0, 0.05) is 16.9 Å². The van der Waals surface area contributed by atoms with Crippen molar-refractivity contribution in [1.29, 1.82) is 0 Å². The zero-order chi connectivity index (χ0) is 24.5. The number of carbonyl (C=O) groups excluding carboxylic acids is 3. The number of carboxylic acids is 1. The van der Waals surface area contributed by atoms with Gasteiger partial charge < -0.3 is 26.2 Å². The minimum Gasteiger partial charge on any atom is -0.543 e. The summed E-state index contributed by atoms with van der Waals surface area (Å²) in [6, 6.07) is -1.07. The van der Waals surface area contributed by atoms with Gasteiger partial charge in [-0.05, 0) is 21.3 Å². The number of hydrogen-bond donors (Lipinski definition) is 3. The Labute approximate surface area is 236 Å². The molecule has 0 saturated carbocycles. The first-order valence-electron chi connectivity index (χ1n) is 8.78. The van der Waals surface area contributed by atoms with Crippen molar-refractivity contribution in [3.63, 3.8) is 0 Å². The van der Waals surface area contributed by atoms with E-state index in [1.807, 2.05) is 0 Å². The SMILES string of the molecule is CS(=O)(=O)C/C=C\SC1=C(C(=O)[O-])N2C(=O)C(NC(=O)/C(=N\O)c3nc(N)sc3Br)[C@H]2SC1.[Na+]. The minimum absolute atomic E-state index is 0. The number of aliphatic carboxylic acids is 1. The van der Waals surface area contributed by atoms with Gasteiger partial charge in [0.05, 0.1) is 17.4 Å². The molecule has 1 unspecified atom stereocenters. The van der Waals surface area contributed by atoms with Crippen molar-refractivity contribution in [3.8, 4) is 0 Å². The quantitative estimate of drug-likeness (QED) is 0.0852. The van der Waals surface area contributed by atoms with Gasteiger partial charge in [-0.15, -0.1) is 11.8 Å². The van der Waals surface area contributed by atoms with Crippen LogP contribution in [0.2, 0.25) is 0 Å². The number of halogens is 1. The number of nitrogens with two attached hydrogens (primary N) is 1. The average molecular weight is 620 g/mol. The minimum atomic E-state index is -3.22. The molecule has 4 N–H and O–H groups in total. The topological polar surface area (TPSA) is 195 Å². The second-order valence-electron chi connectivity index (χ2n) is 6.63. The molecule has 1 saturated heterocycles. The molecular weight excluding hydrogens is 605 g/mol. The molecule has 1 aromatic heterocycles. The number of oxime groups is 1. The smallest absolute Gasteiger partial charge is 0.543 e. The monoisotopic (exact) mass is 619 g/mol. The van der Waals surface area contributed by atoms with Crippen LogP contribution in [0.1, 0.15) is 5.69 Å². The van der Waals surface area contributed by atoms with Crippen LogP contribution in [0, 0.1) is 0 Å². The fourth-order valence-electron chi connectivity index (χ4n) is 2.89. The third-order valence-corrected chi connectivity index (χ3v) is 9.01. The largest absolute Gasteiger partial charge is 1.00 e. The number of amides is 2. The number of fused-ring (bicyclic) bond motifs is 1. The van der Waals surface area contributed by atoms with E-state index in [-0.39, 0.29) is 57.6 Å². The molecule has 0 radical (unpaired) electrons. The van der Waals surface area contributed by atoms with Gasteiger partial charge in [0.1, 0.15) is 20.9 Å². The van der Waals surface area contributed by atoms with Crippen molar-refractivity contribution in [2.45, 2.75) is 11.4 Å². The molecule has 1 fully saturated rings. The summed E-state index contributed by atoms with van der Waals surface area (Å²) in [4.78, 5) is 42.3. The van der Waals surface area contributed by atoms with Crippen LogP contribution < -0.4 is 45.7 Å². The van der Waals surface area contributed by atoms with Crippen LogP contribution in [0.15, 0.2) is 31.0 Å². The Bertz CT molecular complexity index is 1220. The van der Waals surface area contributed by atoms with Gasteiger partial charge >= 0.3 is 29.6 Å². The van der Waals surface area contributed by atoms with Gasteiger partial charge in [0.15, 0.2) is 20.7 Å². The van der Waals surface area contributed by atoms with Crippen molar-refractivity contribution in [1.82, 2.24) is 15.2 Å². The van der Waals surface area contributed by atoms with Crippen LogP contribution in [-0.2, 0) is 24.2 Å². The molecule has 0 spiro atoms. The number of rotatable bonds is 8. The Balaban J connectivity index is 0.00000408. The molecule has 18 heteroatoms. The maximum Gasteiger partial charge on any atom is 1.00 e. The molecule has 1 aromatic rings. The van der Waals surface area contributed by atoms with Crippen molar-refractivity contribution in [2.75, 3.05) is 23.5 Å². The second-order valence-corrected chi connectivity index (χ2v) is 13.3. The predicted octanol–water partition coefficient (Wildman–Crippen LogP) is -3.68. The number of nitrogens with one attached hydrogen (secondary N) is 1. The molecule has 178 valence electrons. The van der Waals surface area contributed by atoms with E-state index in [1.165, 1.54) is 23.2 Å². The van der Waals surface area contributed by atoms with Crippen LogP contribution in [0.3, 0.4) is 0 Å². The molecule has 12 nitrogen and oxygen atoms in total. The summed E-state index contributed by atoms with van der Waals surface area (Å²) in [6.07, 6.45) is 2.44. The van der Waals surface area contributed by atoms with E-state index in [2.05, 4.69) is 31.4 Å². The molecule has 0 bridgehead atoms. The average Bonchev–Trinajstić information content (AvgIpc) is 3.06. The van der Waals surface area contributed by atoms with E-state index in [1.54, 1.807) is 0 Å². The Morgan fingerprint density at radius 2 is 2.18 bits per heavy atom. The number of hydrogen-bond acceptors (Lipinski definition) is 13. The maximum absolute atomic E-state index is 12.7. The predicted molar refractivity (Wildman–Crippen MR) is 126 cm³/mol. The number of carboxylic acid groups (broad SMARTS) is 1. The van der Waals surface area contributed by atoms with E-state index in [4.69, 9.17) is 5.73 Å². The fraction of sp³-hybridized carbons (Fsp3) is 0.312. The van der Waals surface area contributed by atoms with Crippen LogP contribution in [0.5, 0.6) is 0 Å². The Morgan fingerprint density at radius 1 is 1.50 bits per heavy atom. The summed E-state index contributed by atoms with van der Waals surface area (Å²) >= 11 is 6.36. The van der Waals surface area contributed by atoms with Crippen LogP contribution >= 0.6 is 50.8 Å². The van der Waals surface area contributed by atoms with E-state index in [0.717, 1.165) is 34.3 Å². The Morgan fingerprint density at radius 3 is 2.71 bits per heavy atom. The van der Waals surface area contributed by atoms with Gasteiger partial charge in [-0.3, -0.25) is 14.5 Å². The first-order chi connectivity index (χ1) is 15.4. The Hall–Kier alpha value is -1.08. The first-order valence-corrected chi connectivity index (χ1v) is 14.4. The van der Waals surface area contributed by atoms with E-state index >= 15 is 0 Å². The van der Waals surface area contributed by atoms with Gasteiger partial charge in [-0.25, -0.2) is 13.4 Å². The van der Waals surface area contributed by atoms with Crippen molar-refractivity contribution >= 4 is 89.3 Å². The summed E-state index contributed by atoms with van der Waals surface area (Å²) < 4.78 is 22.8. The number of nitrogen functional groups attached to an aromatic ring is 1. The van der Waals surface area contributed by atoms with Gasteiger partial charge in [-0.1, -0.05) is 34.3 Å². The maximum atomic E-state index is 12.7. The standard InChI is InChI=1S/C16H16BrN5O7S4.Na/c1-33(28,29)4-2-3-30-6-5-31-14-9(13(24)22(14)10(6)15(25)26)19-12(23)8(21-27)7-11(17)32-16(18)20-7;/h2-3,9,14,27H,4-5H2,1H3,(H2,18,20)(H,19,23)(H,25,26);/q;+1/p-1/b3-2-,21-8-;/t9?,14-;/m1./s1. The molecule has 2 amide bonds. The summed E-state index contributed by atoms with van der Waals surface area (Å²) in [5, 5.41) is 27.2. The number of sulfone groups is 1. The van der Waals surface area contributed by atoms with Crippen LogP contribution in [0.25, 0.3) is 0 Å². The summed E-state index contributed by atoms with van der Waals surface area (Å²) in [6.45, 7) is 0. The molecule has 0 aromatic carbocycles. The van der Waals surface area contributed by atoms with Crippen LogP contribution in [-0.4, -0.2) is 76.2 Å². The third-order valence-electron chi connectivity index (χ3n) is 4.26. The van der Waals surface area contributed by atoms with Gasteiger partial charge in [0.25, 0.3) is 11.8 Å². The zero-order valence-corrected chi connectivity index (χ0v) is 24.4. The normalized spacial score (nSPS) is 20.6. The van der Waals surface area contributed by atoms with E-state index < -0.39 is 44.7 Å². The molecular formula is C16H15BrN5NaO7S4. The van der Waals surface area contributed by atoms with Crippen LogP contribution in [0.4, 0.5) is 5.13 Å². The number of aromatic nitrogens is 1. The van der Waals surface area contributed by atoms with E-state index in [0.29, 0.717) is 8.69 Å². The summed E-state index contributed by atoms with van der Waals surface area (Å²) in [5.74, 6) is -3.18. The molecule has 2 aliphatic rings. The number of β-lactam (4-membered cyclic amide) rings is 1. The zero-order valence-electron chi connectivity index (χ0n) is 17.6. The first kappa shape index (κ1) is 29.2. The van der Waals surface area contributed by atoms with Gasteiger partial charge in [0.2, 0.25) is 0 Å². The number of thiazole rings is 1. The van der Waals surface area contributed by atoms with Gasteiger partial charge in [-0.2, -0.15) is 0 Å². The Kier molecular flexibility index (Phi) is 10.1. The summed E-state index contributed by atoms with van der Waals surface area (Å²) in [5.41, 5.74) is 4.77. The molecule has 34 heavy (non-hydrogen) atoms. The summed E-state index contributed by atoms with van der Waals surface area (Å²) in [7, 11) is -3.22. The molecule has 0 aliphatic carbocycles. The van der Waals surface area contributed by atoms with E-state index in [9.17, 15) is 33.1 Å². The fourth-order valence-corrected chi connectivity index (χ4v) is 7.11. The number of thioether (sulfide) groups is 2. The molecule has 2 aliphatic heterocycles. The second kappa shape index (κ2) is 11.8. The molecule has 2 atom stereocenters. The molecule has 3 heterocycles. The van der Waals surface area contributed by atoms with Crippen molar-refractivity contribution in [2.24, 2.45) is 5.16 Å². The van der Waals surface area contributed by atoms with Crippen molar-refractivity contribution < 1.29 is 62.7 Å². The molecule has 3 rings (SSSR count). The number of nitrogens with zero attached hydrogens (tertiary/aromatic N) is 3. The number of carbonyl (C=O) groups is 3. The number of anilines is 1.